The molecule has 1 heterocycles. The van der Waals surface area contributed by atoms with Crippen LogP contribution in [0.1, 0.15) is 39.5 Å². The molecule has 194 valence electrons. The van der Waals surface area contributed by atoms with Crippen molar-refractivity contribution in [2.45, 2.75) is 30.9 Å². The molecule has 0 saturated carbocycles. The number of ether oxygens (including phenoxy) is 1. The highest BCUT2D eigenvalue weighted by molar-refractivity contribution is 7.91. The van der Waals surface area contributed by atoms with Crippen molar-refractivity contribution in [2.75, 3.05) is 12.4 Å². The van der Waals surface area contributed by atoms with Gasteiger partial charge < -0.3 is 15.2 Å². The van der Waals surface area contributed by atoms with Crippen LogP contribution >= 0.6 is 11.3 Å². The van der Waals surface area contributed by atoms with Gasteiger partial charge >= 0.3 is 6.61 Å². The van der Waals surface area contributed by atoms with E-state index in [0.717, 1.165) is 20.8 Å². The van der Waals surface area contributed by atoms with Crippen molar-refractivity contribution in [3.63, 3.8) is 0 Å². The van der Waals surface area contributed by atoms with E-state index < -0.39 is 28.4 Å². The monoisotopic (exact) mass is 546 g/mol. The molecular formula is C26H24F2N2O5S2. The molecule has 11 heteroatoms. The lowest BCUT2D eigenvalue weighted by atomic mass is 10.1. The maximum atomic E-state index is 12.9. The van der Waals surface area contributed by atoms with E-state index in [1.54, 1.807) is 49.4 Å². The standard InChI is InChI=1S/C26H24F2N2O5S2/c1-2-37(33,34)20-10-5-17(6-11-20)22(15-31)30-25(32)18-7-12-21-23(14-18)36-24(29-21)13-16-3-8-19(9-4-16)35-26(27)28/h3-12,14,22,26,31H,2,13,15H2,1H3,(H,30,32). The summed E-state index contributed by atoms with van der Waals surface area (Å²) in [5.41, 5.74) is 2.57. The molecule has 1 atom stereocenters. The number of hydrogen-bond donors (Lipinski definition) is 2. The number of aromatic nitrogens is 1. The zero-order valence-corrected chi connectivity index (χ0v) is 21.4. The Hall–Kier alpha value is -3.41. The molecule has 1 aromatic heterocycles. The third-order valence-corrected chi connectivity index (χ3v) is 8.48. The van der Waals surface area contributed by atoms with E-state index in [4.69, 9.17) is 0 Å². The highest BCUT2D eigenvalue weighted by Crippen LogP contribution is 2.26. The highest BCUT2D eigenvalue weighted by Gasteiger charge is 2.18. The number of carbonyl (C=O) groups excluding carboxylic acids is 1. The molecule has 1 unspecified atom stereocenters. The minimum atomic E-state index is -3.35. The van der Waals surface area contributed by atoms with Gasteiger partial charge in [-0.05, 0) is 53.6 Å². The molecule has 37 heavy (non-hydrogen) atoms. The van der Waals surface area contributed by atoms with E-state index >= 15 is 0 Å². The first-order chi connectivity index (χ1) is 17.7. The molecule has 0 radical (unpaired) electrons. The SMILES string of the molecule is CCS(=O)(=O)c1ccc(C(CO)NC(=O)c2ccc3nc(Cc4ccc(OC(F)F)cc4)sc3c2)cc1. The van der Waals surface area contributed by atoms with Crippen molar-refractivity contribution in [3.8, 4) is 5.75 Å². The second-order valence-corrected chi connectivity index (χ2v) is 11.6. The third-order valence-electron chi connectivity index (χ3n) is 5.71. The number of amides is 1. The summed E-state index contributed by atoms with van der Waals surface area (Å²) in [5, 5.41) is 13.4. The van der Waals surface area contributed by atoms with Gasteiger partial charge in [0.25, 0.3) is 5.91 Å². The number of sulfone groups is 1. The topological polar surface area (TPSA) is 106 Å². The fourth-order valence-electron chi connectivity index (χ4n) is 3.70. The lowest BCUT2D eigenvalue weighted by Crippen LogP contribution is -2.30. The molecule has 3 aromatic carbocycles. The minimum Gasteiger partial charge on any atom is -0.435 e. The summed E-state index contributed by atoms with van der Waals surface area (Å²) in [6, 6.07) is 16.8. The smallest absolute Gasteiger partial charge is 0.387 e. The van der Waals surface area contributed by atoms with E-state index in [9.17, 15) is 27.1 Å². The van der Waals surface area contributed by atoms with Gasteiger partial charge in [0, 0.05) is 12.0 Å². The molecular weight excluding hydrogens is 522 g/mol. The molecule has 0 aliphatic rings. The number of aliphatic hydroxyl groups excluding tert-OH is 1. The number of carbonyl (C=O) groups is 1. The third kappa shape index (κ3) is 6.48. The van der Waals surface area contributed by atoms with Crippen LogP contribution in [0.15, 0.2) is 71.6 Å². The van der Waals surface area contributed by atoms with Crippen LogP contribution in [0.2, 0.25) is 0 Å². The van der Waals surface area contributed by atoms with Crippen molar-refractivity contribution in [1.29, 1.82) is 0 Å². The molecule has 0 fully saturated rings. The van der Waals surface area contributed by atoms with Crippen LogP contribution in [0.25, 0.3) is 10.2 Å². The van der Waals surface area contributed by atoms with Crippen LogP contribution in [0.3, 0.4) is 0 Å². The summed E-state index contributed by atoms with van der Waals surface area (Å²) in [6.07, 6.45) is 0.492. The number of benzene rings is 3. The van der Waals surface area contributed by atoms with Gasteiger partial charge in [0.2, 0.25) is 0 Å². The van der Waals surface area contributed by atoms with Crippen LogP contribution < -0.4 is 10.1 Å². The van der Waals surface area contributed by atoms with Crippen LogP contribution in [0.4, 0.5) is 8.78 Å². The number of hydrogen-bond acceptors (Lipinski definition) is 7. The summed E-state index contributed by atoms with van der Waals surface area (Å²) in [5.74, 6) is -0.325. The zero-order chi connectivity index (χ0) is 26.6. The number of fused-ring (bicyclic) bond motifs is 1. The molecule has 4 aromatic rings. The van der Waals surface area contributed by atoms with E-state index in [0.29, 0.717) is 17.5 Å². The van der Waals surface area contributed by atoms with Gasteiger partial charge in [-0.3, -0.25) is 4.79 Å². The molecule has 4 rings (SSSR count). The lowest BCUT2D eigenvalue weighted by molar-refractivity contribution is -0.0498. The maximum absolute atomic E-state index is 12.9. The first kappa shape index (κ1) is 26.6. The van der Waals surface area contributed by atoms with Gasteiger partial charge in [-0.15, -0.1) is 11.3 Å². The van der Waals surface area contributed by atoms with Crippen LogP contribution in [0, 0.1) is 0 Å². The number of alkyl halides is 2. The molecule has 1 amide bonds. The van der Waals surface area contributed by atoms with Gasteiger partial charge in [-0.2, -0.15) is 8.78 Å². The molecule has 0 spiro atoms. The zero-order valence-electron chi connectivity index (χ0n) is 19.7. The number of nitrogens with zero attached hydrogens (tertiary/aromatic N) is 1. The Morgan fingerprint density at radius 3 is 2.41 bits per heavy atom. The normalized spacial score (nSPS) is 12.6. The van der Waals surface area contributed by atoms with Crippen LogP contribution in [0.5, 0.6) is 5.75 Å². The Kier molecular flexibility index (Phi) is 8.16. The van der Waals surface area contributed by atoms with Crippen LogP contribution in [-0.2, 0) is 16.3 Å². The van der Waals surface area contributed by atoms with Crippen molar-refractivity contribution in [1.82, 2.24) is 10.3 Å². The quantitative estimate of drug-likeness (QED) is 0.298. The number of aliphatic hydroxyl groups is 1. The average Bonchev–Trinajstić information content (AvgIpc) is 3.29. The van der Waals surface area contributed by atoms with E-state index in [1.165, 1.54) is 35.6 Å². The second kappa shape index (κ2) is 11.3. The summed E-state index contributed by atoms with van der Waals surface area (Å²) < 4.78 is 53.9. The summed E-state index contributed by atoms with van der Waals surface area (Å²) in [4.78, 5) is 17.7. The predicted octanol–water partition coefficient (Wildman–Crippen LogP) is 4.75. The first-order valence-corrected chi connectivity index (χ1v) is 13.8. The van der Waals surface area contributed by atoms with Gasteiger partial charge in [-0.1, -0.05) is 31.2 Å². The second-order valence-electron chi connectivity index (χ2n) is 8.17. The number of thiazole rings is 1. The van der Waals surface area contributed by atoms with Crippen LogP contribution in [-0.4, -0.2) is 43.4 Å². The average molecular weight is 547 g/mol. The Bertz CT molecular complexity index is 1490. The van der Waals surface area contributed by atoms with E-state index in [-0.39, 0.29) is 23.0 Å². The Balaban J connectivity index is 1.46. The Morgan fingerprint density at radius 1 is 1.08 bits per heavy atom. The predicted molar refractivity (Wildman–Crippen MR) is 137 cm³/mol. The molecule has 2 N–H and O–H groups in total. The highest BCUT2D eigenvalue weighted by atomic mass is 32.2. The number of nitrogens with one attached hydrogen (secondary N) is 1. The molecule has 0 aliphatic carbocycles. The molecule has 0 saturated heterocycles. The van der Waals surface area contributed by atoms with Crippen molar-refractivity contribution >= 4 is 37.3 Å². The Morgan fingerprint density at radius 2 is 1.78 bits per heavy atom. The fraction of sp³-hybridized carbons (Fsp3) is 0.231. The van der Waals surface area contributed by atoms with E-state index in [2.05, 4.69) is 15.0 Å². The van der Waals surface area contributed by atoms with Crippen molar-refractivity contribution < 1.29 is 31.8 Å². The van der Waals surface area contributed by atoms with Gasteiger partial charge in [-0.25, -0.2) is 13.4 Å². The largest absolute Gasteiger partial charge is 0.435 e. The summed E-state index contributed by atoms with van der Waals surface area (Å²) in [7, 11) is -3.35. The lowest BCUT2D eigenvalue weighted by Gasteiger charge is -2.17. The molecule has 0 aliphatic heterocycles. The summed E-state index contributed by atoms with van der Waals surface area (Å²) in [6.45, 7) is -1.67. The number of halogens is 2. The van der Waals surface area contributed by atoms with Crippen molar-refractivity contribution in [2.24, 2.45) is 0 Å². The Labute approximate surface area is 216 Å². The van der Waals surface area contributed by atoms with Crippen molar-refractivity contribution in [3.05, 3.63) is 88.4 Å². The van der Waals surface area contributed by atoms with E-state index in [1.807, 2.05) is 0 Å². The van der Waals surface area contributed by atoms with Gasteiger partial charge in [0.15, 0.2) is 9.84 Å². The summed E-state index contributed by atoms with van der Waals surface area (Å²) >= 11 is 1.42. The maximum Gasteiger partial charge on any atom is 0.387 e. The van der Waals surface area contributed by atoms with Gasteiger partial charge in [0.1, 0.15) is 5.75 Å². The molecule has 0 bridgehead atoms. The number of rotatable bonds is 10. The molecule has 7 nitrogen and oxygen atoms in total. The minimum absolute atomic E-state index is 0.0170. The first-order valence-electron chi connectivity index (χ1n) is 11.4. The van der Waals surface area contributed by atoms with Gasteiger partial charge in [0.05, 0.1) is 38.5 Å². The fourth-order valence-corrected chi connectivity index (χ4v) is 5.63.